The quantitative estimate of drug-likeness (QED) is 0.946. The summed E-state index contributed by atoms with van der Waals surface area (Å²) in [6, 6.07) is 12.6. The highest BCUT2D eigenvalue weighted by atomic mass is 16.2. The van der Waals surface area contributed by atoms with Gasteiger partial charge < -0.3 is 4.90 Å². The summed E-state index contributed by atoms with van der Waals surface area (Å²) in [6.45, 7) is 2.87. The molecule has 0 bridgehead atoms. The molecule has 23 heavy (non-hydrogen) atoms. The average Bonchev–Trinajstić information content (AvgIpc) is 2.94. The molecule has 2 unspecified atom stereocenters. The van der Waals surface area contributed by atoms with Crippen molar-refractivity contribution in [2.45, 2.75) is 44.6 Å². The maximum absolute atomic E-state index is 12.9. The van der Waals surface area contributed by atoms with Gasteiger partial charge in [0.05, 0.1) is 17.7 Å². The molecule has 4 nitrogen and oxygen atoms in total. The average molecular weight is 309 g/mol. The van der Waals surface area contributed by atoms with Crippen LogP contribution in [0.5, 0.6) is 0 Å². The third kappa shape index (κ3) is 2.28. The van der Waals surface area contributed by atoms with Crippen LogP contribution in [0.4, 0.5) is 0 Å². The number of nitrogens with zero attached hydrogens (tertiary/aromatic N) is 2. The lowest BCUT2D eigenvalue weighted by molar-refractivity contribution is -0.166. The van der Waals surface area contributed by atoms with Gasteiger partial charge in [0.2, 0.25) is 5.91 Å². The second kappa shape index (κ2) is 5.52. The van der Waals surface area contributed by atoms with Gasteiger partial charge in [-0.3, -0.25) is 9.89 Å². The predicted molar refractivity (Wildman–Crippen MR) is 88.8 cm³/mol. The number of aromatic amines is 1. The molecular weight excluding hydrogens is 286 g/mol. The van der Waals surface area contributed by atoms with Gasteiger partial charge in [-0.15, -0.1) is 0 Å². The molecule has 1 aromatic heterocycles. The van der Waals surface area contributed by atoms with Crippen LogP contribution in [0.1, 0.15) is 42.6 Å². The highest BCUT2D eigenvalue weighted by Crippen LogP contribution is 2.53. The molecule has 1 saturated heterocycles. The third-order valence-corrected chi connectivity index (χ3v) is 5.59. The Morgan fingerprint density at radius 3 is 2.87 bits per heavy atom. The van der Waals surface area contributed by atoms with Crippen LogP contribution in [-0.4, -0.2) is 27.5 Å². The van der Waals surface area contributed by atoms with Crippen molar-refractivity contribution in [3.63, 3.8) is 0 Å². The van der Waals surface area contributed by atoms with Gasteiger partial charge in [0.25, 0.3) is 0 Å². The minimum atomic E-state index is -0.0675. The Morgan fingerprint density at radius 1 is 1.35 bits per heavy atom. The van der Waals surface area contributed by atoms with E-state index in [4.69, 9.17) is 0 Å². The van der Waals surface area contributed by atoms with Gasteiger partial charge in [0, 0.05) is 18.2 Å². The van der Waals surface area contributed by atoms with E-state index in [2.05, 4.69) is 45.4 Å². The topological polar surface area (TPSA) is 49.0 Å². The van der Waals surface area contributed by atoms with Gasteiger partial charge in [0.1, 0.15) is 0 Å². The van der Waals surface area contributed by atoms with E-state index < -0.39 is 0 Å². The zero-order valence-corrected chi connectivity index (χ0v) is 13.6. The van der Waals surface area contributed by atoms with Crippen LogP contribution in [0.25, 0.3) is 0 Å². The molecule has 1 saturated carbocycles. The van der Waals surface area contributed by atoms with Crippen LogP contribution in [0.15, 0.2) is 36.4 Å². The van der Waals surface area contributed by atoms with E-state index in [0.29, 0.717) is 12.3 Å². The highest BCUT2D eigenvalue weighted by Gasteiger charge is 2.56. The minimum Gasteiger partial charge on any atom is -0.332 e. The summed E-state index contributed by atoms with van der Waals surface area (Å²) in [4.78, 5) is 15.0. The van der Waals surface area contributed by atoms with E-state index in [1.54, 1.807) is 0 Å². The Labute approximate surface area is 136 Å². The van der Waals surface area contributed by atoms with Crippen LogP contribution in [-0.2, 0) is 16.8 Å². The maximum atomic E-state index is 12.9. The number of hydrogen-bond acceptors (Lipinski definition) is 2. The molecule has 1 aliphatic heterocycles. The summed E-state index contributed by atoms with van der Waals surface area (Å²) in [5, 5.41) is 7.15. The second-order valence-electron chi connectivity index (χ2n) is 6.96. The number of carbonyl (C=O) groups is 1. The Hall–Kier alpha value is -2.10. The number of nitrogens with one attached hydrogen (secondary N) is 1. The minimum absolute atomic E-state index is 0.0675. The fourth-order valence-electron chi connectivity index (χ4n) is 4.50. The Balaban J connectivity index is 1.62. The SMILES string of the molecule is Cc1cc(CC(=O)N2CC3CCCCC32c2ccccc2)n[nH]1. The molecule has 0 radical (unpaired) electrons. The summed E-state index contributed by atoms with van der Waals surface area (Å²) in [5.41, 5.74) is 3.09. The van der Waals surface area contributed by atoms with Gasteiger partial charge >= 0.3 is 0 Å². The number of aryl methyl sites for hydroxylation is 1. The van der Waals surface area contributed by atoms with Gasteiger partial charge in [-0.05, 0) is 31.4 Å². The van der Waals surface area contributed by atoms with Crippen molar-refractivity contribution >= 4 is 5.91 Å². The summed E-state index contributed by atoms with van der Waals surface area (Å²) in [7, 11) is 0. The fraction of sp³-hybridized carbons (Fsp3) is 0.474. The lowest BCUT2D eigenvalue weighted by atomic mass is 9.61. The molecule has 1 aliphatic carbocycles. The number of amides is 1. The first-order chi connectivity index (χ1) is 11.2. The second-order valence-corrected chi connectivity index (χ2v) is 6.96. The zero-order valence-electron chi connectivity index (χ0n) is 13.6. The largest absolute Gasteiger partial charge is 0.332 e. The Bertz CT molecular complexity index is 708. The first-order valence-electron chi connectivity index (χ1n) is 8.57. The zero-order chi connectivity index (χ0) is 15.9. The monoisotopic (exact) mass is 309 g/mol. The molecule has 120 valence electrons. The van der Waals surface area contributed by atoms with E-state index in [9.17, 15) is 4.79 Å². The van der Waals surface area contributed by atoms with Crippen molar-refractivity contribution in [1.29, 1.82) is 0 Å². The summed E-state index contributed by atoms with van der Waals surface area (Å²) in [6.07, 6.45) is 5.22. The normalized spacial score (nSPS) is 26.5. The van der Waals surface area contributed by atoms with Crippen molar-refractivity contribution in [3.8, 4) is 0 Å². The molecule has 2 aliphatic rings. The molecule has 2 fully saturated rings. The molecule has 2 aromatic rings. The van der Waals surface area contributed by atoms with Crippen LogP contribution >= 0.6 is 0 Å². The van der Waals surface area contributed by atoms with Crippen molar-refractivity contribution in [1.82, 2.24) is 15.1 Å². The van der Waals surface area contributed by atoms with E-state index in [-0.39, 0.29) is 11.4 Å². The number of rotatable bonds is 3. The summed E-state index contributed by atoms with van der Waals surface area (Å²) < 4.78 is 0. The predicted octanol–water partition coefficient (Wildman–Crippen LogP) is 3.19. The summed E-state index contributed by atoms with van der Waals surface area (Å²) in [5.74, 6) is 0.821. The standard InChI is InChI=1S/C19H23N3O/c1-14-11-17(21-20-14)12-18(23)22-13-16-9-5-6-10-19(16,22)15-7-3-2-4-8-15/h2-4,7-8,11,16H,5-6,9-10,12-13H2,1H3,(H,20,21). The smallest absolute Gasteiger partial charge is 0.229 e. The third-order valence-electron chi connectivity index (χ3n) is 5.59. The van der Waals surface area contributed by atoms with Gasteiger partial charge in [0.15, 0.2) is 0 Å². The van der Waals surface area contributed by atoms with E-state index in [0.717, 1.165) is 24.4 Å². The van der Waals surface area contributed by atoms with Crippen LogP contribution in [0, 0.1) is 12.8 Å². The number of hydrogen-bond donors (Lipinski definition) is 1. The highest BCUT2D eigenvalue weighted by molar-refractivity contribution is 5.80. The van der Waals surface area contributed by atoms with Crippen molar-refractivity contribution < 1.29 is 4.79 Å². The molecule has 1 amide bonds. The number of H-pyrrole nitrogens is 1. The fourth-order valence-corrected chi connectivity index (χ4v) is 4.50. The summed E-state index contributed by atoms with van der Waals surface area (Å²) >= 11 is 0. The molecule has 2 heterocycles. The lowest BCUT2D eigenvalue weighted by Crippen LogP contribution is -2.67. The number of aromatic nitrogens is 2. The molecule has 4 heteroatoms. The van der Waals surface area contributed by atoms with Crippen LogP contribution < -0.4 is 0 Å². The Kier molecular flexibility index (Phi) is 3.47. The van der Waals surface area contributed by atoms with E-state index >= 15 is 0 Å². The molecule has 1 N–H and O–H groups in total. The van der Waals surface area contributed by atoms with Crippen LogP contribution in [0.2, 0.25) is 0 Å². The molecular formula is C19H23N3O. The van der Waals surface area contributed by atoms with E-state index in [1.807, 2.05) is 13.0 Å². The first kappa shape index (κ1) is 14.5. The lowest BCUT2D eigenvalue weighted by Gasteiger charge is -2.61. The van der Waals surface area contributed by atoms with Crippen molar-refractivity contribution in [2.24, 2.45) is 5.92 Å². The Morgan fingerprint density at radius 2 is 2.17 bits per heavy atom. The van der Waals surface area contributed by atoms with Crippen LogP contribution in [0.3, 0.4) is 0 Å². The number of benzene rings is 1. The number of fused-ring (bicyclic) bond motifs is 1. The first-order valence-corrected chi connectivity index (χ1v) is 8.57. The van der Waals surface area contributed by atoms with Crippen molar-refractivity contribution in [2.75, 3.05) is 6.54 Å². The van der Waals surface area contributed by atoms with Gasteiger partial charge in [-0.2, -0.15) is 5.10 Å². The molecule has 4 rings (SSSR count). The molecule has 1 aromatic carbocycles. The van der Waals surface area contributed by atoms with Gasteiger partial charge in [-0.1, -0.05) is 43.2 Å². The molecule has 2 atom stereocenters. The number of carbonyl (C=O) groups excluding carboxylic acids is 1. The number of likely N-dealkylation sites (tertiary alicyclic amines) is 1. The van der Waals surface area contributed by atoms with E-state index in [1.165, 1.54) is 24.8 Å². The van der Waals surface area contributed by atoms with Crippen molar-refractivity contribution in [3.05, 3.63) is 53.3 Å². The maximum Gasteiger partial charge on any atom is 0.229 e. The van der Waals surface area contributed by atoms with Gasteiger partial charge in [-0.25, -0.2) is 0 Å². The molecule has 0 spiro atoms.